The smallest absolute Gasteiger partial charge is 0.334 e. The summed E-state index contributed by atoms with van der Waals surface area (Å²) in [6.07, 6.45) is 0.834. The molecule has 1 saturated heterocycles. The molecule has 0 aromatic heterocycles. The number of carbonyl (C=O) groups excluding carboxylic acids is 3. The third-order valence-corrected chi connectivity index (χ3v) is 7.25. The SMILES string of the molecule is C[C@H](C(=O)N1C(=O)N(C(=O)[C@H](C)[C@@H](O)c2ccccc2)[C@@H]2CCCC[C@@H]21)[C@H](O)c1ccccc1. The molecule has 1 heterocycles. The molecule has 2 aromatic rings. The fourth-order valence-corrected chi connectivity index (χ4v) is 5.20. The van der Waals surface area contributed by atoms with Crippen molar-refractivity contribution in [1.82, 2.24) is 9.80 Å². The first-order valence-corrected chi connectivity index (χ1v) is 12.0. The van der Waals surface area contributed by atoms with Crippen LogP contribution in [0.4, 0.5) is 4.79 Å². The van der Waals surface area contributed by atoms with E-state index in [2.05, 4.69) is 0 Å². The average molecular weight is 465 g/mol. The molecule has 0 bridgehead atoms. The molecule has 2 aliphatic rings. The van der Waals surface area contributed by atoms with E-state index in [1.54, 1.807) is 62.4 Å². The Morgan fingerprint density at radius 2 is 1.09 bits per heavy atom. The van der Waals surface area contributed by atoms with Crippen LogP contribution >= 0.6 is 0 Å². The Balaban J connectivity index is 1.57. The van der Waals surface area contributed by atoms with Crippen LogP contribution in [0.1, 0.15) is 62.9 Å². The van der Waals surface area contributed by atoms with E-state index in [4.69, 9.17) is 0 Å². The molecular formula is C27H32N2O5. The van der Waals surface area contributed by atoms with E-state index < -0.39 is 54.0 Å². The summed E-state index contributed by atoms with van der Waals surface area (Å²) in [7, 11) is 0. The molecule has 0 spiro atoms. The van der Waals surface area contributed by atoms with E-state index in [1.807, 2.05) is 12.1 Å². The van der Waals surface area contributed by atoms with Gasteiger partial charge in [0.1, 0.15) is 0 Å². The summed E-state index contributed by atoms with van der Waals surface area (Å²) < 4.78 is 0. The van der Waals surface area contributed by atoms with Gasteiger partial charge in [0.25, 0.3) is 0 Å². The second kappa shape index (κ2) is 10.1. The van der Waals surface area contributed by atoms with Gasteiger partial charge in [0, 0.05) is 0 Å². The third kappa shape index (κ3) is 4.38. The van der Waals surface area contributed by atoms with Crippen LogP contribution in [-0.4, -0.2) is 49.9 Å². The van der Waals surface area contributed by atoms with Gasteiger partial charge in [0.2, 0.25) is 11.8 Å². The number of rotatable bonds is 6. The van der Waals surface area contributed by atoms with Gasteiger partial charge in [-0.2, -0.15) is 0 Å². The van der Waals surface area contributed by atoms with Crippen LogP contribution in [0.15, 0.2) is 60.7 Å². The van der Waals surface area contributed by atoms with Crippen LogP contribution in [0, 0.1) is 11.8 Å². The highest BCUT2D eigenvalue weighted by molar-refractivity contribution is 6.06. The first kappa shape index (κ1) is 24.1. The van der Waals surface area contributed by atoms with Crippen LogP contribution in [0.3, 0.4) is 0 Å². The lowest BCUT2D eigenvalue weighted by molar-refractivity contribution is -0.137. The topological polar surface area (TPSA) is 98.2 Å². The average Bonchev–Trinajstić information content (AvgIpc) is 3.18. The van der Waals surface area contributed by atoms with Gasteiger partial charge in [0.15, 0.2) is 0 Å². The van der Waals surface area contributed by atoms with Crippen molar-refractivity contribution in [1.29, 1.82) is 0 Å². The van der Waals surface area contributed by atoms with Crippen LogP contribution in [0.25, 0.3) is 0 Å². The lowest BCUT2D eigenvalue weighted by Crippen LogP contribution is -2.45. The van der Waals surface area contributed by atoms with Gasteiger partial charge in [-0.05, 0) is 24.0 Å². The molecule has 0 radical (unpaired) electrons. The molecule has 1 saturated carbocycles. The Labute approximate surface area is 200 Å². The Bertz CT molecular complexity index is 946. The van der Waals surface area contributed by atoms with E-state index in [9.17, 15) is 24.6 Å². The molecule has 1 aliphatic carbocycles. The normalized spacial score (nSPS) is 23.7. The maximum Gasteiger partial charge on any atom is 0.334 e. The van der Waals surface area contributed by atoms with Gasteiger partial charge in [-0.1, -0.05) is 87.4 Å². The van der Waals surface area contributed by atoms with Crippen LogP contribution in [0.2, 0.25) is 0 Å². The van der Waals surface area contributed by atoms with Crippen molar-refractivity contribution in [3.63, 3.8) is 0 Å². The standard InChI is InChI=1S/C27H32N2O5/c1-17(23(30)19-11-5-3-6-12-19)25(32)28-21-15-9-10-16-22(21)29(27(28)34)26(33)18(2)24(31)20-13-7-4-8-14-20/h3-8,11-14,17-18,21-24,30-31H,9-10,15-16H2,1-2H3/t17-,18+,21-,22+,23-,24+. The van der Waals surface area contributed by atoms with E-state index in [0.29, 0.717) is 24.0 Å². The zero-order chi connectivity index (χ0) is 24.4. The van der Waals surface area contributed by atoms with E-state index in [1.165, 1.54) is 9.80 Å². The lowest BCUT2D eigenvalue weighted by atomic mass is 9.88. The molecule has 180 valence electrons. The number of hydrogen-bond donors (Lipinski definition) is 2. The summed E-state index contributed by atoms with van der Waals surface area (Å²) in [5, 5.41) is 21.6. The Kier molecular flexibility index (Phi) is 7.14. The second-order valence-corrected chi connectivity index (χ2v) is 9.41. The molecule has 2 fully saturated rings. The lowest BCUT2D eigenvalue weighted by Gasteiger charge is -2.32. The minimum Gasteiger partial charge on any atom is -0.388 e. The van der Waals surface area contributed by atoms with Gasteiger partial charge >= 0.3 is 6.03 Å². The molecule has 34 heavy (non-hydrogen) atoms. The van der Waals surface area contributed by atoms with Crippen LogP contribution in [0.5, 0.6) is 0 Å². The zero-order valence-corrected chi connectivity index (χ0v) is 19.6. The minimum atomic E-state index is -1.06. The molecule has 4 amide bonds. The van der Waals surface area contributed by atoms with Gasteiger partial charge < -0.3 is 10.2 Å². The number of fused-ring (bicyclic) bond motifs is 1. The molecule has 1 aliphatic heterocycles. The molecule has 0 unspecified atom stereocenters. The molecule has 2 N–H and O–H groups in total. The van der Waals surface area contributed by atoms with Crippen molar-refractivity contribution in [3.8, 4) is 0 Å². The van der Waals surface area contributed by atoms with E-state index >= 15 is 0 Å². The number of amides is 4. The summed E-state index contributed by atoms with van der Waals surface area (Å²) in [5.41, 5.74) is 1.20. The van der Waals surface area contributed by atoms with Crippen molar-refractivity contribution in [2.75, 3.05) is 0 Å². The van der Waals surface area contributed by atoms with Gasteiger partial charge in [-0.25, -0.2) is 4.79 Å². The summed E-state index contributed by atoms with van der Waals surface area (Å²) >= 11 is 0. The van der Waals surface area contributed by atoms with Gasteiger partial charge in [0.05, 0.1) is 36.1 Å². The quantitative estimate of drug-likeness (QED) is 0.677. The van der Waals surface area contributed by atoms with Gasteiger partial charge in [-0.15, -0.1) is 0 Å². The maximum atomic E-state index is 13.5. The largest absolute Gasteiger partial charge is 0.388 e. The zero-order valence-electron chi connectivity index (χ0n) is 19.6. The summed E-state index contributed by atoms with van der Waals surface area (Å²) in [6, 6.07) is 16.3. The number of nitrogens with zero attached hydrogens (tertiary/aromatic N) is 2. The fourth-order valence-electron chi connectivity index (χ4n) is 5.20. The highest BCUT2D eigenvalue weighted by atomic mass is 16.3. The molecule has 4 rings (SSSR count). The number of aliphatic hydroxyl groups excluding tert-OH is 2. The highest BCUT2D eigenvalue weighted by Gasteiger charge is 2.53. The second-order valence-electron chi connectivity index (χ2n) is 9.41. The number of imide groups is 2. The monoisotopic (exact) mass is 464 g/mol. The number of benzene rings is 2. The number of hydrogen-bond acceptors (Lipinski definition) is 5. The Hall–Kier alpha value is -3.03. The van der Waals surface area contributed by atoms with Crippen LogP contribution < -0.4 is 0 Å². The number of aliphatic hydroxyl groups is 2. The van der Waals surface area contributed by atoms with Gasteiger partial charge in [-0.3, -0.25) is 19.4 Å². The third-order valence-electron chi connectivity index (χ3n) is 7.25. The highest BCUT2D eigenvalue weighted by Crippen LogP contribution is 2.38. The maximum absolute atomic E-state index is 13.5. The molecular weight excluding hydrogens is 432 g/mol. The predicted molar refractivity (Wildman–Crippen MR) is 126 cm³/mol. The van der Waals surface area contributed by atoms with Crippen LogP contribution in [-0.2, 0) is 9.59 Å². The van der Waals surface area contributed by atoms with E-state index in [0.717, 1.165) is 12.8 Å². The predicted octanol–water partition coefficient (Wildman–Crippen LogP) is 3.83. The first-order chi connectivity index (χ1) is 16.3. The van der Waals surface area contributed by atoms with Crippen molar-refractivity contribution in [2.24, 2.45) is 11.8 Å². The molecule has 7 heteroatoms. The molecule has 7 nitrogen and oxygen atoms in total. The Morgan fingerprint density at radius 1 is 0.735 bits per heavy atom. The summed E-state index contributed by atoms with van der Waals surface area (Å²) in [4.78, 5) is 42.9. The summed E-state index contributed by atoms with van der Waals surface area (Å²) in [5.74, 6) is -2.66. The fraction of sp³-hybridized carbons (Fsp3) is 0.444. The number of carbonyl (C=O) groups is 3. The Morgan fingerprint density at radius 3 is 1.44 bits per heavy atom. The van der Waals surface area contributed by atoms with Crippen molar-refractivity contribution >= 4 is 17.8 Å². The van der Waals surface area contributed by atoms with Crippen molar-refractivity contribution in [3.05, 3.63) is 71.8 Å². The molecule has 6 atom stereocenters. The summed E-state index contributed by atoms with van der Waals surface area (Å²) in [6.45, 7) is 3.22. The molecule has 2 aromatic carbocycles. The minimum absolute atomic E-state index is 0.413. The van der Waals surface area contributed by atoms with E-state index in [-0.39, 0.29) is 0 Å². The van der Waals surface area contributed by atoms with Crippen molar-refractivity contribution in [2.45, 2.75) is 63.8 Å². The number of urea groups is 1. The van der Waals surface area contributed by atoms with Crippen molar-refractivity contribution < 1.29 is 24.6 Å². The first-order valence-electron chi connectivity index (χ1n) is 12.0.